The van der Waals surface area contributed by atoms with Gasteiger partial charge in [0.1, 0.15) is 5.75 Å². The van der Waals surface area contributed by atoms with Crippen LogP contribution in [0.25, 0.3) is 0 Å². The van der Waals surface area contributed by atoms with Crippen molar-refractivity contribution >= 4 is 5.97 Å². The Labute approximate surface area is 138 Å². The lowest BCUT2D eigenvalue weighted by molar-refractivity contribution is -0.141. The molecule has 1 N–H and O–H groups in total. The first-order chi connectivity index (χ1) is 11.1. The molecular formula is C19H27NO3. The smallest absolute Gasteiger partial charge is 0.306 e. The molecule has 1 aliphatic heterocycles. The summed E-state index contributed by atoms with van der Waals surface area (Å²) >= 11 is 0. The average Bonchev–Trinajstić information content (AvgIpc) is 3.32. The summed E-state index contributed by atoms with van der Waals surface area (Å²) in [6, 6.07) is 8.26. The van der Waals surface area contributed by atoms with Crippen molar-refractivity contribution in [3.05, 3.63) is 29.8 Å². The SMILES string of the molecule is COC(=O)C[C@H](c1cccc(OCC2(C)CCNC2)c1)C1CC1. The van der Waals surface area contributed by atoms with Crippen LogP contribution in [0.5, 0.6) is 5.75 Å². The van der Waals surface area contributed by atoms with Crippen LogP contribution in [0.15, 0.2) is 24.3 Å². The highest BCUT2D eigenvalue weighted by atomic mass is 16.5. The van der Waals surface area contributed by atoms with Gasteiger partial charge in [-0.3, -0.25) is 4.79 Å². The molecule has 2 fully saturated rings. The molecule has 1 heterocycles. The third-order valence-corrected chi connectivity index (χ3v) is 5.14. The predicted octanol–water partition coefficient (Wildman–Crippen LogP) is 3.12. The predicted molar refractivity (Wildman–Crippen MR) is 89.6 cm³/mol. The van der Waals surface area contributed by atoms with Gasteiger partial charge in [-0.05, 0) is 55.3 Å². The molecule has 2 atom stereocenters. The van der Waals surface area contributed by atoms with Gasteiger partial charge >= 0.3 is 5.97 Å². The van der Waals surface area contributed by atoms with Gasteiger partial charge in [-0.15, -0.1) is 0 Å². The Kier molecular flexibility index (Phi) is 4.90. The Hall–Kier alpha value is -1.55. The summed E-state index contributed by atoms with van der Waals surface area (Å²) in [5.41, 5.74) is 1.42. The number of esters is 1. The van der Waals surface area contributed by atoms with Gasteiger partial charge in [0, 0.05) is 12.0 Å². The first-order valence-corrected chi connectivity index (χ1v) is 8.60. The van der Waals surface area contributed by atoms with E-state index in [1.165, 1.54) is 25.5 Å². The van der Waals surface area contributed by atoms with E-state index in [1.54, 1.807) is 0 Å². The van der Waals surface area contributed by atoms with E-state index in [2.05, 4.69) is 24.4 Å². The Morgan fingerprint density at radius 1 is 1.43 bits per heavy atom. The number of hydrogen-bond acceptors (Lipinski definition) is 4. The van der Waals surface area contributed by atoms with Gasteiger partial charge in [0.05, 0.1) is 20.1 Å². The number of rotatable bonds is 7. The molecule has 0 spiro atoms. The van der Waals surface area contributed by atoms with Gasteiger partial charge < -0.3 is 14.8 Å². The zero-order chi connectivity index (χ0) is 16.3. The lowest BCUT2D eigenvalue weighted by Gasteiger charge is -2.23. The average molecular weight is 317 g/mol. The van der Waals surface area contributed by atoms with E-state index >= 15 is 0 Å². The van der Waals surface area contributed by atoms with E-state index in [0.29, 0.717) is 12.3 Å². The maximum atomic E-state index is 11.7. The summed E-state index contributed by atoms with van der Waals surface area (Å²) in [6.07, 6.45) is 4.03. The van der Waals surface area contributed by atoms with Crippen molar-refractivity contribution in [3.8, 4) is 5.75 Å². The Bertz CT molecular complexity index is 547. The van der Waals surface area contributed by atoms with E-state index < -0.39 is 0 Å². The second-order valence-electron chi connectivity index (χ2n) is 7.32. The zero-order valence-corrected chi connectivity index (χ0v) is 14.1. The maximum Gasteiger partial charge on any atom is 0.306 e. The van der Waals surface area contributed by atoms with Crippen LogP contribution >= 0.6 is 0 Å². The van der Waals surface area contributed by atoms with Crippen LogP contribution in [-0.4, -0.2) is 32.8 Å². The van der Waals surface area contributed by atoms with Crippen molar-refractivity contribution in [2.45, 2.75) is 38.5 Å². The van der Waals surface area contributed by atoms with E-state index in [-0.39, 0.29) is 17.3 Å². The molecule has 4 nitrogen and oxygen atoms in total. The van der Waals surface area contributed by atoms with Gasteiger partial charge in [0.2, 0.25) is 0 Å². The molecule has 1 saturated carbocycles. The largest absolute Gasteiger partial charge is 0.493 e. The van der Waals surface area contributed by atoms with Crippen molar-refractivity contribution in [2.75, 3.05) is 26.8 Å². The lowest BCUT2D eigenvalue weighted by atomic mass is 9.90. The van der Waals surface area contributed by atoms with Crippen LogP contribution < -0.4 is 10.1 Å². The molecule has 126 valence electrons. The van der Waals surface area contributed by atoms with Crippen LogP contribution in [0.3, 0.4) is 0 Å². The molecule has 1 saturated heterocycles. The lowest BCUT2D eigenvalue weighted by Crippen LogP contribution is -2.27. The molecule has 4 heteroatoms. The number of carbonyl (C=O) groups is 1. The van der Waals surface area contributed by atoms with Crippen molar-refractivity contribution < 1.29 is 14.3 Å². The first-order valence-electron chi connectivity index (χ1n) is 8.60. The van der Waals surface area contributed by atoms with Crippen LogP contribution in [-0.2, 0) is 9.53 Å². The summed E-state index contributed by atoms with van der Waals surface area (Å²) in [5, 5.41) is 3.40. The minimum absolute atomic E-state index is 0.127. The summed E-state index contributed by atoms with van der Waals surface area (Å²) in [6.45, 7) is 5.08. The van der Waals surface area contributed by atoms with Crippen LogP contribution in [0.1, 0.15) is 44.1 Å². The molecule has 3 rings (SSSR count). The van der Waals surface area contributed by atoms with E-state index in [9.17, 15) is 4.79 Å². The molecule has 23 heavy (non-hydrogen) atoms. The highest BCUT2D eigenvalue weighted by Crippen LogP contribution is 2.45. The molecule has 1 aromatic carbocycles. The van der Waals surface area contributed by atoms with E-state index in [0.717, 1.165) is 31.9 Å². The van der Waals surface area contributed by atoms with Crippen molar-refractivity contribution in [3.63, 3.8) is 0 Å². The topological polar surface area (TPSA) is 47.6 Å². The maximum absolute atomic E-state index is 11.7. The summed E-state index contributed by atoms with van der Waals surface area (Å²) in [5.74, 6) is 1.65. The Morgan fingerprint density at radius 2 is 2.26 bits per heavy atom. The van der Waals surface area contributed by atoms with Gasteiger partial charge in [-0.2, -0.15) is 0 Å². The summed E-state index contributed by atoms with van der Waals surface area (Å²) in [7, 11) is 1.46. The third-order valence-electron chi connectivity index (χ3n) is 5.14. The summed E-state index contributed by atoms with van der Waals surface area (Å²) < 4.78 is 10.9. The minimum atomic E-state index is -0.127. The number of hydrogen-bond donors (Lipinski definition) is 1. The Balaban J connectivity index is 1.66. The van der Waals surface area contributed by atoms with Crippen molar-refractivity contribution in [2.24, 2.45) is 11.3 Å². The van der Waals surface area contributed by atoms with Crippen LogP contribution in [0.2, 0.25) is 0 Å². The summed E-state index contributed by atoms with van der Waals surface area (Å²) in [4.78, 5) is 11.7. The quantitative estimate of drug-likeness (QED) is 0.785. The number of nitrogens with one attached hydrogen (secondary N) is 1. The number of benzene rings is 1. The standard InChI is InChI=1S/C19H27NO3/c1-19(8-9-20-12-19)13-23-16-5-3-4-15(10-16)17(14-6-7-14)11-18(21)22-2/h3-5,10,14,17,20H,6-9,11-13H2,1-2H3/t17-,19?/m0/s1. The molecule has 1 aromatic rings. The number of methoxy groups -OCH3 is 1. The minimum Gasteiger partial charge on any atom is -0.493 e. The zero-order valence-electron chi connectivity index (χ0n) is 14.1. The highest BCUT2D eigenvalue weighted by Gasteiger charge is 2.34. The van der Waals surface area contributed by atoms with Gasteiger partial charge in [-0.1, -0.05) is 19.1 Å². The monoisotopic (exact) mass is 317 g/mol. The first kappa shape index (κ1) is 16.3. The molecule has 0 amide bonds. The molecular weight excluding hydrogens is 290 g/mol. The second kappa shape index (κ2) is 6.91. The van der Waals surface area contributed by atoms with Crippen LogP contribution in [0.4, 0.5) is 0 Å². The van der Waals surface area contributed by atoms with Gasteiger partial charge in [0.25, 0.3) is 0 Å². The van der Waals surface area contributed by atoms with Gasteiger partial charge in [0.15, 0.2) is 0 Å². The highest BCUT2D eigenvalue weighted by molar-refractivity contribution is 5.70. The van der Waals surface area contributed by atoms with Crippen molar-refractivity contribution in [1.82, 2.24) is 5.32 Å². The fourth-order valence-electron chi connectivity index (χ4n) is 3.40. The molecule has 2 aliphatic rings. The fraction of sp³-hybridized carbons (Fsp3) is 0.632. The molecule has 0 bridgehead atoms. The fourth-order valence-corrected chi connectivity index (χ4v) is 3.40. The van der Waals surface area contributed by atoms with Crippen LogP contribution in [0, 0.1) is 11.3 Å². The molecule has 1 aliphatic carbocycles. The molecule has 1 unspecified atom stereocenters. The normalized spacial score (nSPS) is 25.1. The third kappa shape index (κ3) is 4.25. The number of carbonyl (C=O) groups excluding carboxylic acids is 1. The van der Waals surface area contributed by atoms with E-state index in [4.69, 9.17) is 9.47 Å². The number of ether oxygens (including phenoxy) is 2. The van der Waals surface area contributed by atoms with Gasteiger partial charge in [-0.25, -0.2) is 0 Å². The van der Waals surface area contributed by atoms with Crippen molar-refractivity contribution in [1.29, 1.82) is 0 Å². The molecule has 0 aromatic heterocycles. The second-order valence-corrected chi connectivity index (χ2v) is 7.32. The Morgan fingerprint density at radius 3 is 2.91 bits per heavy atom. The van der Waals surface area contributed by atoms with E-state index in [1.807, 2.05) is 12.1 Å². The molecule has 0 radical (unpaired) electrons.